The van der Waals surface area contributed by atoms with Gasteiger partial charge in [-0.1, -0.05) is 6.92 Å². The molecular weight excluding hydrogens is 280 g/mol. The number of hydrogen-bond acceptors (Lipinski definition) is 6. The summed E-state index contributed by atoms with van der Waals surface area (Å²) in [5, 5.41) is 1.07. The highest BCUT2D eigenvalue weighted by atomic mass is 32.2. The van der Waals surface area contributed by atoms with Gasteiger partial charge in [0, 0.05) is 40.3 Å². The fourth-order valence-electron chi connectivity index (χ4n) is 2.24. The molecule has 3 heterocycles. The molecule has 0 bridgehead atoms. The van der Waals surface area contributed by atoms with Crippen LogP contribution in [-0.4, -0.2) is 38.8 Å². The molecular formula is C12H16N4OS2. The molecule has 1 fully saturated rings. The van der Waals surface area contributed by atoms with Crippen LogP contribution in [0, 0.1) is 0 Å². The number of nitrogen functional groups attached to an aromatic ring is 1. The van der Waals surface area contributed by atoms with Crippen molar-refractivity contribution in [3.63, 3.8) is 0 Å². The van der Waals surface area contributed by atoms with Crippen LogP contribution in [0.2, 0.25) is 0 Å². The van der Waals surface area contributed by atoms with E-state index in [9.17, 15) is 4.21 Å². The number of aromatic nitrogens is 2. The molecule has 0 atom stereocenters. The lowest BCUT2D eigenvalue weighted by Crippen LogP contribution is -2.38. The van der Waals surface area contributed by atoms with Crippen molar-refractivity contribution in [3.8, 4) is 0 Å². The van der Waals surface area contributed by atoms with Crippen LogP contribution < -0.4 is 10.6 Å². The Morgan fingerprint density at radius 1 is 1.42 bits per heavy atom. The second-order valence-corrected chi connectivity index (χ2v) is 7.34. The third-order valence-corrected chi connectivity index (χ3v) is 5.72. The van der Waals surface area contributed by atoms with E-state index in [0.717, 1.165) is 35.5 Å². The zero-order valence-electron chi connectivity index (χ0n) is 10.8. The van der Waals surface area contributed by atoms with Gasteiger partial charge in [0.05, 0.1) is 5.39 Å². The first kappa shape index (κ1) is 12.8. The summed E-state index contributed by atoms with van der Waals surface area (Å²) in [5.74, 6) is 2.63. The number of anilines is 2. The molecule has 2 aromatic rings. The predicted molar refractivity (Wildman–Crippen MR) is 81.3 cm³/mol. The molecule has 0 aliphatic carbocycles. The van der Waals surface area contributed by atoms with Crippen LogP contribution >= 0.6 is 11.3 Å². The van der Waals surface area contributed by atoms with Crippen molar-refractivity contribution in [2.45, 2.75) is 13.3 Å². The first-order chi connectivity index (χ1) is 9.17. The number of fused-ring (bicyclic) bond motifs is 1. The highest BCUT2D eigenvalue weighted by molar-refractivity contribution is 7.85. The van der Waals surface area contributed by atoms with Gasteiger partial charge in [-0.15, -0.1) is 11.3 Å². The van der Waals surface area contributed by atoms with Crippen LogP contribution in [0.4, 0.5) is 11.8 Å². The molecule has 0 amide bonds. The first-order valence-corrected chi connectivity index (χ1v) is 8.63. The Morgan fingerprint density at radius 2 is 2.16 bits per heavy atom. The Labute approximate surface area is 118 Å². The second kappa shape index (κ2) is 5.05. The summed E-state index contributed by atoms with van der Waals surface area (Å²) in [6.45, 7) is 3.68. The number of nitrogens with two attached hydrogens (primary N) is 1. The lowest BCUT2D eigenvalue weighted by atomic mass is 10.3. The molecule has 0 saturated carbocycles. The minimum absolute atomic E-state index is 0.318. The lowest BCUT2D eigenvalue weighted by molar-refractivity contribution is 0.672. The maximum absolute atomic E-state index is 11.4. The maximum Gasteiger partial charge on any atom is 0.223 e. The topological polar surface area (TPSA) is 72.1 Å². The van der Waals surface area contributed by atoms with Gasteiger partial charge in [0.2, 0.25) is 5.95 Å². The number of hydrogen-bond donors (Lipinski definition) is 1. The number of rotatable bonds is 2. The van der Waals surface area contributed by atoms with Gasteiger partial charge in [0.25, 0.3) is 0 Å². The van der Waals surface area contributed by atoms with Gasteiger partial charge in [0.15, 0.2) is 0 Å². The van der Waals surface area contributed by atoms with Crippen LogP contribution in [0.1, 0.15) is 11.8 Å². The lowest BCUT2D eigenvalue weighted by Gasteiger charge is -2.27. The normalized spacial score (nSPS) is 17.2. The van der Waals surface area contributed by atoms with Gasteiger partial charge in [-0.3, -0.25) is 4.21 Å². The van der Waals surface area contributed by atoms with E-state index in [1.807, 2.05) is 0 Å². The van der Waals surface area contributed by atoms with E-state index in [1.165, 1.54) is 4.88 Å². The molecule has 102 valence electrons. The van der Waals surface area contributed by atoms with Crippen molar-refractivity contribution in [2.75, 3.05) is 35.2 Å². The SMILES string of the molecule is CCc1cc2c(N3CCS(=O)CC3)nc(N)nc2s1. The molecule has 19 heavy (non-hydrogen) atoms. The minimum Gasteiger partial charge on any atom is -0.368 e. The summed E-state index contributed by atoms with van der Waals surface area (Å²) in [6, 6.07) is 2.15. The van der Waals surface area contributed by atoms with Crippen molar-refractivity contribution in [2.24, 2.45) is 0 Å². The highest BCUT2D eigenvalue weighted by Gasteiger charge is 2.20. The van der Waals surface area contributed by atoms with Crippen LogP contribution in [0.25, 0.3) is 10.2 Å². The Balaban J connectivity index is 2.06. The molecule has 2 aromatic heterocycles. The average Bonchev–Trinajstić information content (AvgIpc) is 2.81. The first-order valence-electron chi connectivity index (χ1n) is 6.33. The molecule has 0 spiro atoms. The van der Waals surface area contributed by atoms with Gasteiger partial charge in [-0.25, -0.2) is 4.98 Å². The fraction of sp³-hybridized carbons (Fsp3) is 0.500. The third-order valence-electron chi connectivity index (χ3n) is 3.27. The molecule has 1 aliphatic rings. The molecule has 3 rings (SSSR count). The zero-order valence-corrected chi connectivity index (χ0v) is 12.4. The van der Waals surface area contributed by atoms with Crippen molar-refractivity contribution in [1.82, 2.24) is 9.97 Å². The third kappa shape index (κ3) is 2.44. The fourth-order valence-corrected chi connectivity index (χ4v) is 4.26. The Morgan fingerprint density at radius 3 is 2.84 bits per heavy atom. The van der Waals surface area contributed by atoms with E-state index in [4.69, 9.17) is 5.73 Å². The Hall–Kier alpha value is -1.21. The van der Waals surface area contributed by atoms with Crippen LogP contribution in [0.5, 0.6) is 0 Å². The standard InChI is InChI=1S/C12H16N4OS2/c1-2-8-7-9-10(14-12(13)15-11(9)18-8)16-3-5-19(17)6-4-16/h7H,2-6H2,1H3,(H2,13,14,15). The summed E-state index contributed by atoms with van der Waals surface area (Å²) in [4.78, 5) is 13.1. The van der Waals surface area contributed by atoms with E-state index in [1.54, 1.807) is 11.3 Å². The summed E-state index contributed by atoms with van der Waals surface area (Å²) < 4.78 is 11.4. The quantitative estimate of drug-likeness (QED) is 0.907. The van der Waals surface area contributed by atoms with Crippen molar-refractivity contribution in [3.05, 3.63) is 10.9 Å². The van der Waals surface area contributed by atoms with Gasteiger partial charge < -0.3 is 10.6 Å². The minimum atomic E-state index is -0.684. The largest absolute Gasteiger partial charge is 0.368 e. The van der Waals surface area contributed by atoms with Gasteiger partial charge in [0.1, 0.15) is 10.6 Å². The van der Waals surface area contributed by atoms with E-state index in [0.29, 0.717) is 17.5 Å². The highest BCUT2D eigenvalue weighted by Crippen LogP contribution is 2.32. The smallest absolute Gasteiger partial charge is 0.223 e. The van der Waals surface area contributed by atoms with Crippen LogP contribution in [-0.2, 0) is 17.2 Å². The summed E-state index contributed by atoms with van der Waals surface area (Å²) in [7, 11) is -0.684. The number of thiophene rings is 1. The molecule has 2 N–H and O–H groups in total. The molecule has 1 saturated heterocycles. The predicted octanol–water partition coefficient (Wildman–Crippen LogP) is 1.40. The summed E-state index contributed by atoms with van der Waals surface area (Å²) in [5.41, 5.74) is 5.81. The molecule has 0 unspecified atom stereocenters. The maximum atomic E-state index is 11.4. The monoisotopic (exact) mass is 296 g/mol. The second-order valence-electron chi connectivity index (χ2n) is 4.53. The van der Waals surface area contributed by atoms with E-state index < -0.39 is 10.8 Å². The molecule has 5 nitrogen and oxygen atoms in total. The zero-order chi connectivity index (χ0) is 13.4. The van der Waals surface area contributed by atoms with Crippen molar-refractivity contribution >= 4 is 44.1 Å². The van der Waals surface area contributed by atoms with E-state index in [-0.39, 0.29) is 0 Å². The Bertz CT molecular complexity index is 630. The van der Waals surface area contributed by atoms with E-state index >= 15 is 0 Å². The van der Waals surface area contributed by atoms with Gasteiger partial charge >= 0.3 is 0 Å². The Kier molecular flexibility index (Phi) is 3.40. The van der Waals surface area contributed by atoms with Gasteiger partial charge in [-0.05, 0) is 12.5 Å². The van der Waals surface area contributed by atoms with Gasteiger partial charge in [-0.2, -0.15) is 4.98 Å². The molecule has 1 aliphatic heterocycles. The summed E-state index contributed by atoms with van der Waals surface area (Å²) >= 11 is 1.67. The number of nitrogens with zero attached hydrogens (tertiary/aromatic N) is 3. The van der Waals surface area contributed by atoms with Crippen molar-refractivity contribution < 1.29 is 4.21 Å². The number of aryl methyl sites for hydroxylation is 1. The molecule has 0 radical (unpaired) electrons. The van der Waals surface area contributed by atoms with Crippen LogP contribution in [0.15, 0.2) is 6.07 Å². The van der Waals surface area contributed by atoms with E-state index in [2.05, 4.69) is 27.9 Å². The van der Waals surface area contributed by atoms with Crippen molar-refractivity contribution in [1.29, 1.82) is 0 Å². The average molecular weight is 296 g/mol. The molecule has 0 aromatic carbocycles. The molecule has 7 heteroatoms. The summed E-state index contributed by atoms with van der Waals surface area (Å²) in [6.07, 6.45) is 0.990. The van der Waals surface area contributed by atoms with Crippen LogP contribution in [0.3, 0.4) is 0 Å².